The Morgan fingerprint density at radius 3 is 1.77 bits per heavy atom. The summed E-state index contributed by atoms with van der Waals surface area (Å²) in [5.41, 5.74) is 6.00. The molecule has 0 aliphatic heterocycles. The molecule has 13 heavy (non-hydrogen) atoms. The monoisotopic (exact) mass is 186 g/mol. The Morgan fingerprint density at radius 1 is 1.08 bits per heavy atom. The van der Waals surface area contributed by atoms with Crippen molar-refractivity contribution in [2.75, 3.05) is 6.54 Å². The molecule has 0 aliphatic carbocycles. The average Bonchev–Trinajstić information content (AvgIpc) is 2.21. The summed E-state index contributed by atoms with van der Waals surface area (Å²) in [5, 5.41) is 3.69. The second kappa shape index (κ2) is 6.39. The molecule has 0 aromatic rings. The summed E-state index contributed by atoms with van der Waals surface area (Å²) < 4.78 is 0. The third kappa shape index (κ3) is 3.65. The molecule has 2 heteroatoms. The van der Waals surface area contributed by atoms with Crippen molar-refractivity contribution in [2.45, 2.75) is 65.0 Å². The van der Waals surface area contributed by atoms with E-state index in [1.54, 1.807) is 0 Å². The zero-order valence-corrected chi connectivity index (χ0v) is 9.69. The molecule has 0 fully saturated rings. The molecule has 0 unspecified atom stereocenters. The fraction of sp³-hybridized carbons (Fsp3) is 1.00. The van der Waals surface area contributed by atoms with Gasteiger partial charge >= 0.3 is 0 Å². The predicted molar refractivity (Wildman–Crippen MR) is 59.9 cm³/mol. The first kappa shape index (κ1) is 12.9. The van der Waals surface area contributed by atoms with E-state index in [2.05, 4.69) is 33.0 Å². The molecular weight excluding hydrogens is 160 g/mol. The van der Waals surface area contributed by atoms with Gasteiger partial charge in [-0.1, -0.05) is 27.7 Å². The van der Waals surface area contributed by atoms with Crippen molar-refractivity contribution >= 4 is 0 Å². The Balaban J connectivity index is 4.21. The fourth-order valence-electron chi connectivity index (χ4n) is 1.73. The number of rotatable bonds is 7. The average molecular weight is 186 g/mol. The maximum Gasteiger partial charge on any atom is 0.0301 e. The summed E-state index contributed by atoms with van der Waals surface area (Å²) in [7, 11) is 0. The fourth-order valence-corrected chi connectivity index (χ4v) is 1.73. The highest BCUT2D eigenvalue weighted by molar-refractivity contribution is 4.88. The van der Waals surface area contributed by atoms with Gasteiger partial charge in [0, 0.05) is 18.1 Å². The van der Waals surface area contributed by atoms with Crippen LogP contribution in [0.5, 0.6) is 0 Å². The molecular formula is C11H26N2. The topological polar surface area (TPSA) is 38.0 Å². The van der Waals surface area contributed by atoms with Crippen LogP contribution in [-0.2, 0) is 0 Å². The zero-order chi connectivity index (χ0) is 10.3. The van der Waals surface area contributed by atoms with Crippen molar-refractivity contribution in [3.05, 3.63) is 0 Å². The molecule has 0 radical (unpaired) electrons. The van der Waals surface area contributed by atoms with Gasteiger partial charge in [-0.25, -0.2) is 0 Å². The van der Waals surface area contributed by atoms with E-state index in [0.717, 1.165) is 19.4 Å². The minimum absolute atomic E-state index is 0.177. The molecule has 0 saturated heterocycles. The van der Waals surface area contributed by atoms with Crippen molar-refractivity contribution in [3.63, 3.8) is 0 Å². The van der Waals surface area contributed by atoms with Crippen LogP contribution in [0.2, 0.25) is 0 Å². The highest BCUT2D eigenvalue weighted by Crippen LogP contribution is 2.15. The minimum Gasteiger partial charge on any atom is -0.329 e. The van der Waals surface area contributed by atoms with Gasteiger partial charge in [-0.15, -0.1) is 0 Å². The van der Waals surface area contributed by atoms with Crippen molar-refractivity contribution < 1.29 is 0 Å². The smallest absolute Gasteiger partial charge is 0.0301 e. The van der Waals surface area contributed by atoms with Crippen LogP contribution in [0.25, 0.3) is 0 Å². The van der Waals surface area contributed by atoms with Crippen LogP contribution in [0.4, 0.5) is 0 Å². The molecule has 0 aromatic carbocycles. The van der Waals surface area contributed by atoms with E-state index >= 15 is 0 Å². The van der Waals surface area contributed by atoms with Crippen molar-refractivity contribution in [1.29, 1.82) is 0 Å². The summed E-state index contributed by atoms with van der Waals surface area (Å²) >= 11 is 0. The lowest BCUT2D eigenvalue weighted by Gasteiger charge is -2.35. The van der Waals surface area contributed by atoms with E-state index in [0.29, 0.717) is 6.04 Å². The normalized spacial score (nSPS) is 12.5. The van der Waals surface area contributed by atoms with Crippen molar-refractivity contribution in [3.8, 4) is 0 Å². The van der Waals surface area contributed by atoms with Crippen LogP contribution in [-0.4, -0.2) is 18.1 Å². The highest BCUT2D eigenvalue weighted by Gasteiger charge is 2.25. The molecule has 0 aromatic heterocycles. The second-order valence-electron chi connectivity index (χ2n) is 3.85. The van der Waals surface area contributed by atoms with Gasteiger partial charge in [0.15, 0.2) is 0 Å². The number of hydrogen-bond donors (Lipinski definition) is 2. The van der Waals surface area contributed by atoms with Crippen LogP contribution < -0.4 is 11.1 Å². The van der Waals surface area contributed by atoms with Gasteiger partial charge in [0.2, 0.25) is 0 Å². The lowest BCUT2D eigenvalue weighted by atomic mass is 9.91. The van der Waals surface area contributed by atoms with Crippen LogP contribution in [0.1, 0.15) is 53.4 Å². The largest absolute Gasteiger partial charge is 0.329 e. The first-order chi connectivity index (χ1) is 6.17. The van der Waals surface area contributed by atoms with Crippen LogP contribution in [0.3, 0.4) is 0 Å². The molecule has 0 spiro atoms. The molecule has 0 atom stereocenters. The zero-order valence-electron chi connectivity index (χ0n) is 9.69. The summed E-state index contributed by atoms with van der Waals surface area (Å²) in [6, 6.07) is 0.628. The Labute approximate surface area is 83.3 Å². The van der Waals surface area contributed by atoms with E-state index in [1.807, 2.05) is 0 Å². The summed E-state index contributed by atoms with van der Waals surface area (Å²) in [6.45, 7) is 9.63. The van der Waals surface area contributed by atoms with Gasteiger partial charge in [0.05, 0.1) is 0 Å². The predicted octanol–water partition coefficient (Wildman–Crippen LogP) is 2.28. The molecule has 3 N–H and O–H groups in total. The second-order valence-corrected chi connectivity index (χ2v) is 3.85. The quantitative estimate of drug-likeness (QED) is 0.640. The molecule has 0 saturated carbocycles. The Hall–Kier alpha value is -0.0800. The molecule has 0 amide bonds. The minimum atomic E-state index is 0.177. The van der Waals surface area contributed by atoms with Crippen molar-refractivity contribution in [1.82, 2.24) is 5.32 Å². The molecule has 80 valence electrons. The number of hydrogen-bond acceptors (Lipinski definition) is 2. The summed E-state index contributed by atoms with van der Waals surface area (Å²) in [4.78, 5) is 0. The van der Waals surface area contributed by atoms with Gasteiger partial charge in [-0.2, -0.15) is 0 Å². The number of nitrogens with one attached hydrogen (secondary N) is 1. The first-order valence-electron chi connectivity index (χ1n) is 5.65. The molecule has 2 nitrogen and oxygen atoms in total. The SMILES string of the molecule is CCC(CC)NC(CC)(CC)CN. The van der Waals surface area contributed by atoms with Crippen LogP contribution >= 0.6 is 0 Å². The summed E-state index contributed by atoms with van der Waals surface area (Å²) in [6.07, 6.45) is 4.63. The summed E-state index contributed by atoms with van der Waals surface area (Å²) in [5.74, 6) is 0. The number of nitrogens with two attached hydrogens (primary N) is 1. The lowest BCUT2D eigenvalue weighted by molar-refractivity contribution is 0.263. The maximum absolute atomic E-state index is 5.82. The Kier molecular flexibility index (Phi) is 6.35. The van der Waals surface area contributed by atoms with Gasteiger partial charge < -0.3 is 11.1 Å². The van der Waals surface area contributed by atoms with Crippen molar-refractivity contribution in [2.24, 2.45) is 5.73 Å². The standard InChI is InChI=1S/C11H26N2/c1-5-10(6-2)13-11(7-3,8-4)9-12/h10,13H,5-9,12H2,1-4H3. The van der Waals surface area contributed by atoms with Gasteiger partial charge in [-0.05, 0) is 25.7 Å². The van der Waals surface area contributed by atoms with Crippen LogP contribution in [0.15, 0.2) is 0 Å². The molecule has 0 rings (SSSR count). The lowest BCUT2D eigenvalue weighted by Crippen LogP contribution is -2.54. The van der Waals surface area contributed by atoms with Gasteiger partial charge in [0.25, 0.3) is 0 Å². The third-order valence-corrected chi connectivity index (χ3v) is 3.24. The van der Waals surface area contributed by atoms with Gasteiger partial charge in [0.1, 0.15) is 0 Å². The first-order valence-corrected chi connectivity index (χ1v) is 5.65. The van der Waals surface area contributed by atoms with Crippen LogP contribution in [0, 0.1) is 0 Å². The van der Waals surface area contributed by atoms with E-state index in [1.165, 1.54) is 12.8 Å². The molecule has 0 heterocycles. The highest BCUT2D eigenvalue weighted by atomic mass is 15.0. The third-order valence-electron chi connectivity index (χ3n) is 3.24. The van der Waals surface area contributed by atoms with E-state index < -0.39 is 0 Å². The Bertz CT molecular complexity index is 107. The molecule has 0 aliphatic rings. The maximum atomic E-state index is 5.82. The Morgan fingerprint density at radius 2 is 1.54 bits per heavy atom. The van der Waals surface area contributed by atoms with Gasteiger partial charge in [-0.3, -0.25) is 0 Å². The van der Waals surface area contributed by atoms with E-state index in [9.17, 15) is 0 Å². The van der Waals surface area contributed by atoms with E-state index in [-0.39, 0.29) is 5.54 Å². The van der Waals surface area contributed by atoms with E-state index in [4.69, 9.17) is 5.73 Å². The molecule has 0 bridgehead atoms.